The number of hydrogen-bond donors (Lipinski definition) is 1. The second-order valence-electron chi connectivity index (χ2n) is 2.55. The summed E-state index contributed by atoms with van der Waals surface area (Å²) in [4.78, 5) is 0. The lowest BCUT2D eigenvalue weighted by atomic mass is 10.2. The lowest BCUT2D eigenvalue weighted by molar-refractivity contribution is 0.804. The number of nitrogens with two attached hydrogens (primary N) is 1. The number of hydrogen-bond acceptors (Lipinski definition) is 3. The molecule has 1 rings (SSSR count). The molecule has 0 fully saturated rings. The predicted molar refractivity (Wildman–Crippen MR) is 46.1 cm³/mol. The lowest BCUT2D eigenvalue weighted by Gasteiger charge is -1.94. The normalized spacial score (nSPS) is 11.9. The summed E-state index contributed by atoms with van der Waals surface area (Å²) >= 11 is 0. The fraction of sp³-hybridized carbons (Fsp3) is 0.500. The van der Waals surface area contributed by atoms with Crippen molar-refractivity contribution >= 4 is 0 Å². The molecule has 2 N–H and O–H groups in total. The third kappa shape index (κ3) is 2.07. The van der Waals surface area contributed by atoms with Crippen LogP contribution in [0.3, 0.4) is 0 Å². The summed E-state index contributed by atoms with van der Waals surface area (Å²) in [5.41, 5.74) is 5.61. The summed E-state index contributed by atoms with van der Waals surface area (Å²) in [5.74, 6) is 6.39. The van der Waals surface area contributed by atoms with E-state index in [1.807, 2.05) is 14.0 Å². The molecular formula is C8H12N4. The average molecular weight is 164 g/mol. The van der Waals surface area contributed by atoms with Gasteiger partial charge in [-0.05, 0) is 12.3 Å². The van der Waals surface area contributed by atoms with Crippen molar-refractivity contribution in [3.8, 4) is 11.8 Å². The Morgan fingerprint density at radius 2 is 2.50 bits per heavy atom. The van der Waals surface area contributed by atoms with Crippen LogP contribution in [0.2, 0.25) is 0 Å². The summed E-state index contributed by atoms with van der Waals surface area (Å²) in [6.07, 6.45) is 2.46. The highest BCUT2D eigenvalue weighted by molar-refractivity contribution is 5.22. The zero-order valence-corrected chi connectivity index (χ0v) is 7.28. The molecule has 0 aliphatic rings. The summed E-state index contributed by atoms with van der Waals surface area (Å²) in [6.45, 7) is 2.00. The van der Waals surface area contributed by atoms with E-state index in [9.17, 15) is 0 Å². The van der Waals surface area contributed by atoms with Gasteiger partial charge in [0, 0.05) is 7.05 Å². The number of rotatable bonds is 1. The Morgan fingerprint density at radius 3 is 3.00 bits per heavy atom. The van der Waals surface area contributed by atoms with Crippen LogP contribution in [0.4, 0.5) is 0 Å². The molecule has 0 radical (unpaired) electrons. The van der Waals surface area contributed by atoms with Crippen LogP contribution in [-0.2, 0) is 7.05 Å². The number of nitrogens with zero attached hydrogens (tertiary/aromatic N) is 3. The maximum Gasteiger partial charge on any atom is 0.207 e. The van der Waals surface area contributed by atoms with E-state index in [4.69, 9.17) is 5.73 Å². The number of aromatic nitrogens is 3. The van der Waals surface area contributed by atoms with Crippen molar-refractivity contribution in [2.45, 2.75) is 19.4 Å². The van der Waals surface area contributed by atoms with Gasteiger partial charge < -0.3 is 10.3 Å². The molecule has 0 amide bonds. The van der Waals surface area contributed by atoms with E-state index in [-0.39, 0.29) is 6.04 Å². The Labute approximate surface area is 71.8 Å². The molecule has 1 unspecified atom stereocenters. The minimum absolute atomic E-state index is 0.0679. The van der Waals surface area contributed by atoms with Crippen LogP contribution in [0, 0.1) is 11.8 Å². The van der Waals surface area contributed by atoms with E-state index in [1.54, 1.807) is 10.9 Å². The smallest absolute Gasteiger partial charge is 0.207 e. The maximum absolute atomic E-state index is 5.61. The lowest BCUT2D eigenvalue weighted by Crippen LogP contribution is -2.15. The molecular weight excluding hydrogens is 152 g/mol. The molecule has 0 saturated carbocycles. The third-order valence-electron chi connectivity index (χ3n) is 1.52. The molecule has 0 spiro atoms. The molecule has 0 bridgehead atoms. The van der Waals surface area contributed by atoms with Crippen LogP contribution in [0.5, 0.6) is 0 Å². The number of aryl methyl sites for hydroxylation is 1. The van der Waals surface area contributed by atoms with Crippen LogP contribution < -0.4 is 5.73 Å². The standard InChI is InChI=1S/C8H12N4/c1-3-7(9)4-5-8-11-10-6-12(8)2/h6-7H,3,9H2,1-2H3. The monoisotopic (exact) mass is 164 g/mol. The van der Waals surface area contributed by atoms with Gasteiger partial charge >= 0.3 is 0 Å². The zero-order valence-electron chi connectivity index (χ0n) is 7.28. The van der Waals surface area contributed by atoms with Crippen LogP contribution in [-0.4, -0.2) is 20.8 Å². The Morgan fingerprint density at radius 1 is 1.75 bits per heavy atom. The fourth-order valence-electron chi connectivity index (χ4n) is 0.656. The van der Waals surface area contributed by atoms with Crippen LogP contribution in [0.1, 0.15) is 19.2 Å². The van der Waals surface area contributed by atoms with Gasteiger partial charge in [-0.25, -0.2) is 0 Å². The maximum atomic E-state index is 5.61. The summed E-state index contributed by atoms with van der Waals surface area (Å²) in [5, 5.41) is 7.50. The van der Waals surface area contributed by atoms with Gasteiger partial charge in [0.15, 0.2) is 0 Å². The zero-order chi connectivity index (χ0) is 8.97. The highest BCUT2D eigenvalue weighted by atomic mass is 15.2. The SMILES string of the molecule is CCC(N)C#Cc1nncn1C. The van der Waals surface area contributed by atoms with Gasteiger partial charge in [0.05, 0.1) is 6.04 Å². The predicted octanol–water partition coefficient (Wildman–Crippen LogP) is -0.0961. The first-order valence-electron chi connectivity index (χ1n) is 3.85. The molecule has 64 valence electrons. The topological polar surface area (TPSA) is 56.7 Å². The van der Waals surface area contributed by atoms with Gasteiger partial charge in [0.1, 0.15) is 6.33 Å². The third-order valence-corrected chi connectivity index (χ3v) is 1.52. The van der Waals surface area contributed by atoms with Crippen molar-refractivity contribution in [3.05, 3.63) is 12.2 Å². The first-order valence-corrected chi connectivity index (χ1v) is 3.85. The van der Waals surface area contributed by atoms with Crippen molar-refractivity contribution in [1.82, 2.24) is 14.8 Å². The van der Waals surface area contributed by atoms with E-state index >= 15 is 0 Å². The Bertz CT molecular complexity index is 304. The van der Waals surface area contributed by atoms with Gasteiger partial charge in [-0.2, -0.15) is 0 Å². The minimum atomic E-state index is -0.0679. The molecule has 1 atom stereocenters. The van der Waals surface area contributed by atoms with Crippen molar-refractivity contribution in [2.75, 3.05) is 0 Å². The van der Waals surface area contributed by atoms with Gasteiger partial charge in [0.2, 0.25) is 5.82 Å². The van der Waals surface area contributed by atoms with Gasteiger partial charge in [-0.3, -0.25) is 0 Å². The second kappa shape index (κ2) is 3.88. The minimum Gasteiger partial charge on any atom is -0.318 e. The first kappa shape index (κ1) is 8.75. The van der Waals surface area contributed by atoms with E-state index < -0.39 is 0 Å². The van der Waals surface area contributed by atoms with Crippen molar-refractivity contribution in [1.29, 1.82) is 0 Å². The van der Waals surface area contributed by atoms with E-state index in [1.165, 1.54) is 0 Å². The van der Waals surface area contributed by atoms with E-state index in [0.29, 0.717) is 5.82 Å². The van der Waals surface area contributed by atoms with Gasteiger partial charge in [0.25, 0.3) is 0 Å². The first-order chi connectivity index (χ1) is 5.74. The average Bonchev–Trinajstić information content (AvgIpc) is 2.47. The van der Waals surface area contributed by atoms with Crippen molar-refractivity contribution in [2.24, 2.45) is 12.8 Å². The largest absolute Gasteiger partial charge is 0.318 e. The van der Waals surface area contributed by atoms with E-state index in [2.05, 4.69) is 22.0 Å². The fourth-order valence-corrected chi connectivity index (χ4v) is 0.656. The molecule has 12 heavy (non-hydrogen) atoms. The molecule has 0 aliphatic carbocycles. The van der Waals surface area contributed by atoms with Crippen LogP contribution in [0.15, 0.2) is 6.33 Å². The molecule has 1 aromatic rings. The van der Waals surface area contributed by atoms with Crippen LogP contribution in [0.25, 0.3) is 0 Å². The summed E-state index contributed by atoms with van der Waals surface area (Å²) in [6, 6.07) is -0.0679. The van der Waals surface area contributed by atoms with E-state index in [0.717, 1.165) is 6.42 Å². The summed E-state index contributed by atoms with van der Waals surface area (Å²) in [7, 11) is 1.85. The van der Waals surface area contributed by atoms with Gasteiger partial charge in [-0.15, -0.1) is 10.2 Å². The highest BCUT2D eigenvalue weighted by Crippen LogP contribution is 1.88. The second-order valence-corrected chi connectivity index (χ2v) is 2.55. The molecule has 0 saturated heterocycles. The Hall–Kier alpha value is -1.34. The van der Waals surface area contributed by atoms with Gasteiger partial charge in [-0.1, -0.05) is 12.8 Å². The molecule has 1 heterocycles. The quantitative estimate of drug-likeness (QED) is 0.590. The summed E-state index contributed by atoms with van der Waals surface area (Å²) < 4.78 is 1.76. The Balaban J connectivity index is 2.72. The molecule has 0 aromatic carbocycles. The molecule has 4 heteroatoms. The highest BCUT2D eigenvalue weighted by Gasteiger charge is 1.94. The van der Waals surface area contributed by atoms with Crippen molar-refractivity contribution in [3.63, 3.8) is 0 Å². The van der Waals surface area contributed by atoms with Crippen LogP contribution >= 0.6 is 0 Å². The molecule has 0 aliphatic heterocycles. The molecule has 1 aromatic heterocycles. The van der Waals surface area contributed by atoms with Crippen molar-refractivity contribution < 1.29 is 0 Å². The Kier molecular flexibility index (Phi) is 2.83. The molecule has 4 nitrogen and oxygen atoms in total.